The fourth-order valence-corrected chi connectivity index (χ4v) is 3.27. The molecule has 1 aliphatic carbocycles. The molecule has 0 radical (unpaired) electrons. The van der Waals surface area contributed by atoms with E-state index in [2.05, 4.69) is 13.8 Å². The van der Waals surface area contributed by atoms with Crippen LogP contribution in [0.3, 0.4) is 0 Å². The SMILES string of the molecule is CC(C)CC1(C(O)c2ccoc2)CCCC1. The van der Waals surface area contributed by atoms with E-state index in [1.54, 1.807) is 12.5 Å². The van der Waals surface area contributed by atoms with Crippen LogP contribution in [0.1, 0.15) is 57.6 Å². The number of furan rings is 1. The van der Waals surface area contributed by atoms with Crippen molar-refractivity contribution in [1.82, 2.24) is 0 Å². The number of hydrogen-bond acceptors (Lipinski definition) is 2. The summed E-state index contributed by atoms with van der Waals surface area (Å²) in [7, 11) is 0. The Bertz CT molecular complexity index is 307. The molecular formula is C14H22O2. The van der Waals surface area contributed by atoms with E-state index in [1.165, 1.54) is 12.8 Å². The molecule has 1 aliphatic rings. The molecule has 0 amide bonds. The molecule has 0 bridgehead atoms. The Morgan fingerprint density at radius 3 is 2.56 bits per heavy atom. The highest BCUT2D eigenvalue weighted by molar-refractivity contribution is 5.14. The molecule has 16 heavy (non-hydrogen) atoms. The van der Waals surface area contributed by atoms with Gasteiger partial charge in [0.25, 0.3) is 0 Å². The average molecular weight is 222 g/mol. The van der Waals surface area contributed by atoms with Crippen LogP contribution in [0.15, 0.2) is 23.0 Å². The van der Waals surface area contributed by atoms with Gasteiger partial charge < -0.3 is 9.52 Å². The second kappa shape index (κ2) is 4.62. The first-order valence-electron chi connectivity index (χ1n) is 6.34. The Morgan fingerprint density at radius 2 is 2.06 bits per heavy atom. The molecule has 90 valence electrons. The number of aliphatic hydroxyl groups excluding tert-OH is 1. The van der Waals surface area contributed by atoms with E-state index >= 15 is 0 Å². The minimum absolute atomic E-state index is 0.0953. The third-order valence-corrected chi connectivity index (χ3v) is 3.85. The van der Waals surface area contributed by atoms with Gasteiger partial charge in [-0.2, -0.15) is 0 Å². The third kappa shape index (κ3) is 2.17. The minimum Gasteiger partial charge on any atom is -0.472 e. The summed E-state index contributed by atoms with van der Waals surface area (Å²) in [6.07, 6.45) is 8.90. The summed E-state index contributed by atoms with van der Waals surface area (Å²) in [6, 6.07) is 1.89. The van der Waals surface area contributed by atoms with Crippen LogP contribution in [0.2, 0.25) is 0 Å². The molecule has 2 nitrogen and oxygen atoms in total. The average Bonchev–Trinajstić information content (AvgIpc) is 2.85. The molecule has 1 unspecified atom stereocenters. The number of aliphatic hydroxyl groups is 1. The maximum Gasteiger partial charge on any atom is 0.0960 e. The van der Waals surface area contributed by atoms with Crippen LogP contribution in [0, 0.1) is 11.3 Å². The van der Waals surface area contributed by atoms with Gasteiger partial charge >= 0.3 is 0 Å². The van der Waals surface area contributed by atoms with Crippen LogP contribution < -0.4 is 0 Å². The van der Waals surface area contributed by atoms with Crippen molar-refractivity contribution in [3.05, 3.63) is 24.2 Å². The third-order valence-electron chi connectivity index (χ3n) is 3.85. The second-order valence-corrected chi connectivity index (χ2v) is 5.63. The zero-order chi connectivity index (χ0) is 11.6. The smallest absolute Gasteiger partial charge is 0.0960 e. The molecule has 0 aliphatic heterocycles. The molecule has 0 saturated heterocycles. The largest absolute Gasteiger partial charge is 0.472 e. The molecule has 1 aromatic rings. The van der Waals surface area contributed by atoms with Crippen molar-refractivity contribution < 1.29 is 9.52 Å². The lowest BCUT2D eigenvalue weighted by molar-refractivity contribution is 0.0108. The molecule has 1 aromatic heterocycles. The van der Waals surface area contributed by atoms with Crippen molar-refractivity contribution in [1.29, 1.82) is 0 Å². The Morgan fingerprint density at radius 1 is 1.38 bits per heavy atom. The van der Waals surface area contributed by atoms with Gasteiger partial charge in [-0.15, -0.1) is 0 Å². The first kappa shape index (κ1) is 11.7. The van der Waals surface area contributed by atoms with Crippen LogP contribution >= 0.6 is 0 Å². The summed E-state index contributed by atoms with van der Waals surface area (Å²) in [6.45, 7) is 4.48. The van der Waals surface area contributed by atoms with Crippen molar-refractivity contribution in [2.24, 2.45) is 11.3 Å². The van der Waals surface area contributed by atoms with E-state index in [0.717, 1.165) is 24.8 Å². The van der Waals surface area contributed by atoms with Crippen LogP contribution in [-0.4, -0.2) is 5.11 Å². The first-order chi connectivity index (χ1) is 7.64. The summed E-state index contributed by atoms with van der Waals surface area (Å²) in [4.78, 5) is 0. The van der Waals surface area contributed by atoms with Crippen LogP contribution in [0.4, 0.5) is 0 Å². The van der Waals surface area contributed by atoms with E-state index in [1.807, 2.05) is 6.07 Å². The van der Waals surface area contributed by atoms with Crippen LogP contribution in [-0.2, 0) is 0 Å². The fraction of sp³-hybridized carbons (Fsp3) is 0.714. The maximum atomic E-state index is 10.5. The molecule has 1 fully saturated rings. The summed E-state index contributed by atoms with van der Waals surface area (Å²) >= 11 is 0. The van der Waals surface area contributed by atoms with E-state index in [9.17, 15) is 5.11 Å². The standard InChI is InChI=1S/C14H22O2/c1-11(2)9-14(6-3-4-7-14)13(15)12-5-8-16-10-12/h5,8,10-11,13,15H,3-4,6-7,9H2,1-2H3. The predicted molar refractivity (Wildman–Crippen MR) is 64.0 cm³/mol. The molecule has 1 heterocycles. The van der Waals surface area contributed by atoms with E-state index < -0.39 is 0 Å². The minimum atomic E-state index is -0.351. The van der Waals surface area contributed by atoms with E-state index in [0.29, 0.717) is 5.92 Å². The van der Waals surface area contributed by atoms with Gasteiger partial charge in [-0.25, -0.2) is 0 Å². The number of rotatable bonds is 4. The summed E-state index contributed by atoms with van der Waals surface area (Å²) < 4.78 is 5.09. The molecule has 0 aromatic carbocycles. The van der Waals surface area contributed by atoms with Gasteiger partial charge in [0.2, 0.25) is 0 Å². The van der Waals surface area contributed by atoms with Crippen LogP contribution in [0.25, 0.3) is 0 Å². The van der Waals surface area contributed by atoms with Crippen molar-refractivity contribution >= 4 is 0 Å². The molecule has 1 atom stereocenters. The molecule has 2 heteroatoms. The van der Waals surface area contributed by atoms with Gasteiger partial charge in [0.05, 0.1) is 18.6 Å². The topological polar surface area (TPSA) is 33.4 Å². The number of hydrogen-bond donors (Lipinski definition) is 1. The lowest BCUT2D eigenvalue weighted by Gasteiger charge is -2.35. The zero-order valence-corrected chi connectivity index (χ0v) is 10.3. The van der Waals surface area contributed by atoms with Gasteiger partial charge in [0.15, 0.2) is 0 Å². The molecule has 1 saturated carbocycles. The molecular weight excluding hydrogens is 200 g/mol. The van der Waals surface area contributed by atoms with Crippen molar-refractivity contribution in [3.63, 3.8) is 0 Å². The van der Waals surface area contributed by atoms with Gasteiger partial charge in [-0.3, -0.25) is 0 Å². The molecule has 1 N–H and O–H groups in total. The van der Waals surface area contributed by atoms with Gasteiger partial charge in [-0.05, 0) is 31.2 Å². The molecule has 2 rings (SSSR count). The Balaban J connectivity index is 2.18. The highest BCUT2D eigenvalue weighted by atomic mass is 16.3. The van der Waals surface area contributed by atoms with Gasteiger partial charge in [-0.1, -0.05) is 26.7 Å². The predicted octanol–water partition coefficient (Wildman–Crippen LogP) is 3.92. The van der Waals surface area contributed by atoms with E-state index in [4.69, 9.17) is 4.42 Å². The molecule has 0 spiro atoms. The van der Waals surface area contributed by atoms with Crippen LogP contribution in [0.5, 0.6) is 0 Å². The van der Waals surface area contributed by atoms with Gasteiger partial charge in [0.1, 0.15) is 0 Å². The highest BCUT2D eigenvalue weighted by Gasteiger charge is 2.41. The normalized spacial score (nSPS) is 21.5. The van der Waals surface area contributed by atoms with Crippen molar-refractivity contribution in [2.45, 2.75) is 52.1 Å². The van der Waals surface area contributed by atoms with E-state index in [-0.39, 0.29) is 11.5 Å². The summed E-state index contributed by atoms with van der Waals surface area (Å²) in [5.74, 6) is 0.639. The lowest BCUT2D eigenvalue weighted by Crippen LogP contribution is -2.27. The Kier molecular flexibility index (Phi) is 3.38. The van der Waals surface area contributed by atoms with Crippen molar-refractivity contribution in [3.8, 4) is 0 Å². The highest BCUT2D eigenvalue weighted by Crippen LogP contribution is 2.51. The lowest BCUT2D eigenvalue weighted by atomic mass is 9.72. The Labute approximate surface area is 97.7 Å². The first-order valence-corrected chi connectivity index (χ1v) is 6.34. The monoisotopic (exact) mass is 222 g/mol. The Hall–Kier alpha value is -0.760. The summed E-state index contributed by atoms with van der Waals surface area (Å²) in [5.41, 5.74) is 1.04. The van der Waals surface area contributed by atoms with Crippen molar-refractivity contribution in [2.75, 3.05) is 0 Å². The van der Waals surface area contributed by atoms with Gasteiger partial charge in [0, 0.05) is 11.0 Å². The zero-order valence-electron chi connectivity index (χ0n) is 10.3. The second-order valence-electron chi connectivity index (χ2n) is 5.63. The fourth-order valence-electron chi connectivity index (χ4n) is 3.27. The summed E-state index contributed by atoms with van der Waals surface area (Å²) in [5, 5.41) is 10.5. The quantitative estimate of drug-likeness (QED) is 0.837. The maximum absolute atomic E-state index is 10.5.